The summed E-state index contributed by atoms with van der Waals surface area (Å²) in [5.41, 5.74) is 1.59. The Labute approximate surface area is 136 Å². The maximum absolute atomic E-state index is 10.6. The van der Waals surface area contributed by atoms with Gasteiger partial charge in [-0.1, -0.05) is 28.9 Å². The van der Waals surface area contributed by atoms with Gasteiger partial charge in [-0.25, -0.2) is 0 Å². The van der Waals surface area contributed by atoms with Crippen LogP contribution < -0.4 is 4.74 Å². The van der Waals surface area contributed by atoms with Gasteiger partial charge in [0.2, 0.25) is 0 Å². The standard InChI is InChI=1S/C16H11ClN2O4/c17-12-3-1-11(2-4-12)16-9-15(23-18-16)10-22-14-7-5-13(6-8-14)19(20)21/h1-9H,10H2. The van der Waals surface area contributed by atoms with Crippen molar-refractivity contribution in [3.63, 3.8) is 0 Å². The van der Waals surface area contributed by atoms with E-state index in [0.29, 0.717) is 22.2 Å². The average molecular weight is 331 g/mol. The van der Waals surface area contributed by atoms with E-state index in [-0.39, 0.29) is 12.3 Å². The van der Waals surface area contributed by atoms with Gasteiger partial charge in [-0.3, -0.25) is 10.1 Å². The summed E-state index contributed by atoms with van der Waals surface area (Å²) in [5, 5.41) is 15.2. The van der Waals surface area contributed by atoms with Gasteiger partial charge < -0.3 is 9.26 Å². The summed E-state index contributed by atoms with van der Waals surface area (Å²) < 4.78 is 10.7. The SMILES string of the molecule is O=[N+]([O-])c1ccc(OCc2cc(-c3ccc(Cl)cc3)no2)cc1. The second kappa shape index (κ2) is 6.50. The Bertz CT molecular complexity index is 813. The van der Waals surface area contributed by atoms with E-state index in [4.69, 9.17) is 20.9 Å². The Morgan fingerprint density at radius 1 is 1.13 bits per heavy atom. The van der Waals surface area contributed by atoms with Crippen molar-refractivity contribution in [3.8, 4) is 17.0 Å². The van der Waals surface area contributed by atoms with E-state index in [1.807, 2.05) is 12.1 Å². The molecule has 3 aromatic rings. The van der Waals surface area contributed by atoms with Crippen LogP contribution in [-0.2, 0) is 6.61 Å². The minimum absolute atomic E-state index is 0.0158. The molecule has 7 heteroatoms. The van der Waals surface area contributed by atoms with Gasteiger partial charge >= 0.3 is 0 Å². The molecule has 0 aliphatic heterocycles. The fourth-order valence-electron chi connectivity index (χ4n) is 1.96. The number of hydrogen-bond acceptors (Lipinski definition) is 5. The van der Waals surface area contributed by atoms with Crippen LogP contribution in [0.15, 0.2) is 59.1 Å². The van der Waals surface area contributed by atoms with E-state index in [9.17, 15) is 10.1 Å². The van der Waals surface area contributed by atoms with Crippen LogP contribution in [0.5, 0.6) is 5.75 Å². The highest BCUT2D eigenvalue weighted by molar-refractivity contribution is 6.30. The molecule has 2 aromatic carbocycles. The minimum Gasteiger partial charge on any atom is -0.486 e. The number of aromatic nitrogens is 1. The zero-order valence-electron chi connectivity index (χ0n) is 11.8. The maximum Gasteiger partial charge on any atom is 0.269 e. The lowest BCUT2D eigenvalue weighted by Gasteiger charge is -2.02. The number of rotatable bonds is 5. The van der Waals surface area contributed by atoms with E-state index >= 15 is 0 Å². The Kier molecular flexibility index (Phi) is 4.25. The highest BCUT2D eigenvalue weighted by Gasteiger charge is 2.08. The second-order valence-electron chi connectivity index (χ2n) is 4.73. The predicted octanol–water partition coefficient (Wildman–Crippen LogP) is 4.48. The lowest BCUT2D eigenvalue weighted by Crippen LogP contribution is -1.94. The van der Waals surface area contributed by atoms with Crippen molar-refractivity contribution in [2.75, 3.05) is 0 Å². The third kappa shape index (κ3) is 3.67. The third-order valence-corrected chi connectivity index (χ3v) is 3.38. The van der Waals surface area contributed by atoms with Crippen molar-refractivity contribution >= 4 is 17.3 Å². The highest BCUT2D eigenvalue weighted by atomic mass is 35.5. The fraction of sp³-hybridized carbons (Fsp3) is 0.0625. The Morgan fingerprint density at radius 3 is 2.48 bits per heavy atom. The number of ether oxygens (including phenoxy) is 1. The van der Waals surface area contributed by atoms with Crippen LogP contribution >= 0.6 is 11.6 Å². The number of nitro benzene ring substituents is 1. The topological polar surface area (TPSA) is 78.4 Å². The van der Waals surface area contributed by atoms with Gasteiger partial charge in [-0.05, 0) is 24.3 Å². The maximum atomic E-state index is 10.6. The molecule has 0 fully saturated rings. The number of benzene rings is 2. The summed E-state index contributed by atoms with van der Waals surface area (Å²) in [7, 11) is 0. The molecule has 1 aromatic heterocycles. The lowest BCUT2D eigenvalue weighted by atomic mass is 10.1. The summed E-state index contributed by atoms with van der Waals surface area (Å²) in [6.07, 6.45) is 0. The summed E-state index contributed by atoms with van der Waals surface area (Å²) >= 11 is 5.85. The molecule has 0 atom stereocenters. The predicted molar refractivity (Wildman–Crippen MR) is 84.4 cm³/mol. The van der Waals surface area contributed by atoms with E-state index < -0.39 is 4.92 Å². The van der Waals surface area contributed by atoms with Crippen LogP contribution in [0, 0.1) is 10.1 Å². The molecular formula is C16H11ClN2O4. The van der Waals surface area contributed by atoms with E-state index in [2.05, 4.69) is 5.16 Å². The van der Waals surface area contributed by atoms with Crippen LogP contribution in [0.4, 0.5) is 5.69 Å². The molecule has 0 aliphatic rings. The third-order valence-electron chi connectivity index (χ3n) is 3.13. The first kappa shape index (κ1) is 15.1. The van der Waals surface area contributed by atoms with Gasteiger partial charge in [0, 0.05) is 28.8 Å². The Balaban J connectivity index is 1.65. The van der Waals surface area contributed by atoms with Gasteiger partial charge in [-0.2, -0.15) is 0 Å². The molecule has 3 rings (SSSR count). The van der Waals surface area contributed by atoms with Crippen molar-refractivity contribution in [2.24, 2.45) is 0 Å². The molecule has 0 amide bonds. The summed E-state index contributed by atoms with van der Waals surface area (Å²) in [5.74, 6) is 1.06. The largest absolute Gasteiger partial charge is 0.486 e. The van der Waals surface area contributed by atoms with Crippen LogP contribution in [0.1, 0.15) is 5.76 Å². The van der Waals surface area contributed by atoms with Crippen molar-refractivity contribution in [2.45, 2.75) is 6.61 Å². The molecule has 0 saturated carbocycles. The van der Waals surface area contributed by atoms with Gasteiger partial charge in [0.25, 0.3) is 5.69 Å². The van der Waals surface area contributed by atoms with E-state index in [0.717, 1.165) is 5.56 Å². The van der Waals surface area contributed by atoms with E-state index in [1.165, 1.54) is 24.3 Å². The number of nitrogens with zero attached hydrogens (tertiary/aromatic N) is 2. The first-order valence-corrected chi connectivity index (χ1v) is 7.08. The van der Waals surface area contributed by atoms with Crippen molar-refractivity contribution in [1.29, 1.82) is 0 Å². The molecule has 0 spiro atoms. The van der Waals surface area contributed by atoms with Crippen molar-refractivity contribution < 1.29 is 14.2 Å². The average Bonchev–Trinajstić information content (AvgIpc) is 3.03. The fourth-order valence-corrected chi connectivity index (χ4v) is 2.08. The molecule has 6 nitrogen and oxygen atoms in total. The Hall–Kier alpha value is -2.86. The number of nitro groups is 1. The zero-order valence-corrected chi connectivity index (χ0v) is 12.6. The molecule has 116 valence electrons. The molecule has 1 heterocycles. The van der Waals surface area contributed by atoms with Gasteiger partial charge in [0.15, 0.2) is 5.76 Å². The Morgan fingerprint density at radius 2 is 1.83 bits per heavy atom. The molecule has 0 bridgehead atoms. The van der Waals surface area contributed by atoms with Crippen molar-refractivity contribution in [1.82, 2.24) is 5.16 Å². The first-order chi connectivity index (χ1) is 11.1. The van der Waals surface area contributed by atoms with E-state index in [1.54, 1.807) is 18.2 Å². The number of non-ortho nitro benzene ring substituents is 1. The number of hydrogen-bond donors (Lipinski definition) is 0. The van der Waals surface area contributed by atoms with Crippen LogP contribution in [0.25, 0.3) is 11.3 Å². The van der Waals surface area contributed by atoms with Crippen LogP contribution in [-0.4, -0.2) is 10.1 Å². The minimum atomic E-state index is -0.460. The van der Waals surface area contributed by atoms with Gasteiger partial charge in [-0.15, -0.1) is 0 Å². The lowest BCUT2D eigenvalue weighted by molar-refractivity contribution is -0.384. The highest BCUT2D eigenvalue weighted by Crippen LogP contribution is 2.23. The normalized spacial score (nSPS) is 10.5. The smallest absolute Gasteiger partial charge is 0.269 e. The molecule has 0 aliphatic carbocycles. The summed E-state index contributed by atoms with van der Waals surface area (Å²) in [4.78, 5) is 10.1. The number of halogens is 1. The molecule has 0 N–H and O–H groups in total. The summed E-state index contributed by atoms with van der Waals surface area (Å²) in [6.45, 7) is 0.179. The molecule has 0 saturated heterocycles. The molecule has 0 unspecified atom stereocenters. The first-order valence-electron chi connectivity index (χ1n) is 6.70. The monoisotopic (exact) mass is 330 g/mol. The second-order valence-corrected chi connectivity index (χ2v) is 5.16. The van der Waals surface area contributed by atoms with Gasteiger partial charge in [0.05, 0.1) is 4.92 Å². The zero-order chi connectivity index (χ0) is 16.2. The van der Waals surface area contributed by atoms with Crippen molar-refractivity contribution in [3.05, 3.63) is 75.5 Å². The molecule has 23 heavy (non-hydrogen) atoms. The molecule has 0 radical (unpaired) electrons. The van der Waals surface area contributed by atoms with Crippen LogP contribution in [0.3, 0.4) is 0 Å². The molecular weight excluding hydrogens is 320 g/mol. The quantitative estimate of drug-likeness (QED) is 0.509. The summed E-state index contributed by atoms with van der Waals surface area (Å²) in [6, 6.07) is 14.9. The van der Waals surface area contributed by atoms with Gasteiger partial charge in [0.1, 0.15) is 18.1 Å². The van der Waals surface area contributed by atoms with Crippen LogP contribution in [0.2, 0.25) is 5.02 Å².